The van der Waals surface area contributed by atoms with Crippen molar-refractivity contribution in [2.45, 2.75) is 20.3 Å². The van der Waals surface area contributed by atoms with E-state index in [2.05, 4.69) is 11.8 Å². The number of hydrogen-bond donors (Lipinski definition) is 1. The molecule has 0 unspecified atom stereocenters. The van der Waals surface area contributed by atoms with E-state index in [4.69, 9.17) is 0 Å². The molecule has 0 aliphatic carbocycles. The zero-order valence-electron chi connectivity index (χ0n) is 7.39. The first kappa shape index (κ1) is 8.67. The van der Waals surface area contributed by atoms with Crippen LogP contribution in [-0.2, 0) is 0 Å². The fourth-order valence-electron chi connectivity index (χ4n) is 0.943. The summed E-state index contributed by atoms with van der Waals surface area (Å²) >= 11 is 0. The van der Waals surface area contributed by atoms with Crippen molar-refractivity contribution in [1.82, 2.24) is 0 Å². The monoisotopic (exact) mass is 160 g/mol. The summed E-state index contributed by atoms with van der Waals surface area (Å²) in [5, 5.41) is 9.52. The van der Waals surface area contributed by atoms with Crippen LogP contribution < -0.4 is 0 Å². The number of phenols is 1. The molecule has 0 radical (unpaired) electrons. The molecular weight excluding hydrogens is 148 g/mol. The van der Waals surface area contributed by atoms with Crippen LogP contribution in [0.1, 0.15) is 24.5 Å². The maximum Gasteiger partial charge on any atom is 0.134 e. The summed E-state index contributed by atoms with van der Waals surface area (Å²) in [5.74, 6) is 6.13. The van der Waals surface area contributed by atoms with Gasteiger partial charge in [0.05, 0.1) is 5.56 Å². The van der Waals surface area contributed by atoms with Gasteiger partial charge in [0.1, 0.15) is 5.75 Å². The first-order valence-electron chi connectivity index (χ1n) is 4.03. The molecule has 0 aliphatic rings. The molecule has 1 aromatic carbocycles. The summed E-state index contributed by atoms with van der Waals surface area (Å²) in [7, 11) is 0. The standard InChI is InChI=1S/C11H12O/c1-3-4-7-10-8-5-6-9(2)11(10)12/h5-6,8,12H,3H2,1-2H3. The predicted molar refractivity (Wildman–Crippen MR) is 50.0 cm³/mol. The van der Waals surface area contributed by atoms with Gasteiger partial charge in [-0.1, -0.05) is 30.9 Å². The Morgan fingerprint density at radius 3 is 2.83 bits per heavy atom. The van der Waals surface area contributed by atoms with E-state index in [1.807, 2.05) is 32.0 Å². The minimum absolute atomic E-state index is 0.304. The largest absolute Gasteiger partial charge is 0.506 e. The van der Waals surface area contributed by atoms with Crippen molar-refractivity contribution in [1.29, 1.82) is 0 Å². The average molecular weight is 160 g/mol. The van der Waals surface area contributed by atoms with E-state index in [9.17, 15) is 5.11 Å². The molecule has 0 spiro atoms. The molecule has 0 fully saturated rings. The van der Waals surface area contributed by atoms with Gasteiger partial charge in [0.15, 0.2) is 0 Å². The molecule has 0 bridgehead atoms. The lowest BCUT2D eigenvalue weighted by atomic mass is 10.1. The topological polar surface area (TPSA) is 20.2 Å². The minimum Gasteiger partial charge on any atom is -0.506 e. The molecule has 1 nitrogen and oxygen atoms in total. The van der Waals surface area contributed by atoms with Gasteiger partial charge in [-0.05, 0) is 18.6 Å². The highest BCUT2D eigenvalue weighted by Gasteiger charge is 1.98. The van der Waals surface area contributed by atoms with E-state index in [-0.39, 0.29) is 0 Å². The van der Waals surface area contributed by atoms with E-state index in [0.717, 1.165) is 17.5 Å². The van der Waals surface area contributed by atoms with E-state index in [1.54, 1.807) is 0 Å². The lowest BCUT2D eigenvalue weighted by Crippen LogP contribution is -1.79. The predicted octanol–water partition coefficient (Wildman–Crippen LogP) is 2.46. The quantitative estimate of drug-likeness (QED) is 0.578. The van der Waals surface area contributed by atoms with Gasteiger partial charge in [0, 0.05) is 6.42 Å². The number of para-hydroxylation sites is 1. The summed E-state index contributed by atoms with van der Waals surface area (Å²) < 4.78 is 0. The van der Waals surface area contributed by atoms with Crippen molar-refractivity contribution in [2.75, 3.05) is 0 Å². The number of aryl methyl sites for hydroxylation is 1. The maximum absolute atomic E-state index is 9.52. The van der Waals surface area contributed by atoms with Crippen LogP contribution in [0.25, 0.3) is 0 Å². The molecular formula is C11H12O. The first-order valence-corrected chi connectivity index (χ1v) is 4.03. The van der Waals surface area contributed by atoms with Gasteiger partial charge in [-0.2, -0.15) is 0 Å². The second-order valence-corrected chi connectivity index (χ2v) is 2.63. The van der Waals surface area contributed by atoms with Gasteiger partial charge < -0.3 is 5.11 Å². The van der Waals surface area contributed by atoms with E-state index < -0.39 is 0 Å². The molecule has 12 heavy (non-hydrogen) atoms. The van der Waals surface area contributed by atoms with Gasteiger partial charge in [0.2, 0.25) is 0 Å². The number of phenolic OH excluding ortho intramolecular Hbond substituents is 1. The van der Waals surface area contributed by atoms with Crippen LogP contribution in [0.4, 0.5) is 0 Å². The van der Waals surface area contributed by atoms with Gasteiger partial charge in [0.25, 0.3) is 0 Å². The molecule has 0 saturated carbocycles. The molecule has 0 saturated heterocycles. The molecule has 1 heteroatoms. The highest BCUT2D eigenvalue weighted by atomic mass is 16.3. The Labute approximate surface area is 73.0 Å². The van der Waals surface area contributed by atoms with Gasteiger partial charge in [-0.15, -0.1) is 0 Å². The lowest BCUT2D eigenvalue weighted by molar-refractivity contribution is 0.469. The summed E-state index contributed by atoms with van der Waals surface area (Å²) in [6, 6.07) is 5.59. The fourth-order valence-corrected chi connectivity index (χ4v) is 0.943. The number of hydrogen-bond acceptors (Lipinski definition) is 1. The molecule has 1 rings (SSSR count). The zero-order chi connectivity index (χ0) is 8.97. The van der Waals surface area contributed by atoms with Crippen LogP contribution in [0.2, 0.25) is 0 Å². The Morgan fingerprint density at radius 2 is 2.17 bits per heavy atom. The average Bonchev–Trinajstić information content (AvgIpc) is 2.08. The minimum atomic E-state index is 0.304. The second kappa shape index (κ2) is 3.82. The van der Waals surface area contributed by atoms with Gasteiger partial charge in [-0.3, -0.25) is 0 Å². The summed E-state index contributed by atoms with van der Waals surface area (Å²) in [5.41, 5.74) is 1.59. The lowest BCUT2D eigenvalue weighted by Gasteiger charge is -1.99. The molecule has 0 aromatic heterocycles. The molecule has 0 atom stereocenters. The third-order valence-electron chi connectivity index (χ3n) is 1.64. The Bertz CT molecular complexity index is 329. The van der Waals surface area contributed by atoms with Crippen molar-refractivity contribution in [3.63, 3.8) is 0 Å². The van der Waals surface area contributed by atoms with Gasteiger partial charge in [-0.25, -0.2) is 0 Å². The highest BCUT2D eigenvalue weighted by molar-refractivity contribution is 5.49. The Hall–Kier alpha value is -1.42. The van der Waals surface area contributed by atoms with E-state index >= 15 is 0 Å². The Morgan fingerprint density at radius 1 is 1.42 bits per heavy atom. The second-order valence-electron chi connectivity index (χ2n) is 2.63. The van der Waals surface area contributed by atoms with Crippen LogP contribution in [0, 0.1) is 18.8 Å². The van der Waals surface area contributed by atoms with E-state index in [1.165, 1.54) is 0 Å². The molecule has 1 aromatic rings. The first-order chi connectivity index (χ1) is 5.75. The van der Waals surface area contributed by atoms with Crippen molar-refractivity contribution in [2.24, 2.45) is 0 Å². The normalized spacial score (nSPS) is 8.83. The van der Waals surface area contributed by atoms with Crippen LogP contribution in [-0.4, -0.2) is 5.11 Å². The number of aromatic hydroxyl groups is 1. The highest BCUT2D eigenvalue weighted by Crippen LogP contribution is 2.19. The zero-order valence-corrected chi connectivity index (χ0v) is 7.39. The summed E-state index contributed by atoms with van der Waals surface area (Å²) in [6.45, 7) is 3.85. The van der Waals surface area contributed by atoms with Crippen LogP contribution in [0.5, 0.6) is 5.75 Å². The SMILES string of the molecule is CCC#Cc1cccc(C)c1O. The summed E-state index contributed by atoms with van der Waals surface area (Å²) in [6.07, 6.45) is 0.813. The molecule has 0 aliphatic heterocycles. The van der Waals surface area contributed by atoms with Crippen molar-refractivity contribution in [3.8, 4) is 17.6 Å². The summed E-state index contributed by atoms with van der Waals surface area (Å²) in [4.78, 5) is 0. The smallest absolute Gasteiger partial charge is 0.134 e. The third kappa shape index (κ3) is 1.79. The molecule has 0 amide bonds. The van der Waals surface area contributed by atoms with Crippen molar-refractivity contribution < 1.29 is 5.11 Å². The van der Waals surface area contributed by atoms with Crippen LogP contribution >= 0.6 is 0 Å². The fraction of sp³-hybridized carbons (Fsp3) is 0.273. The van der Waals surface area contributed by atoms with Gasteiger partial charge >= 0.3 is 0 Å². The molecule has 62 valence electrons. The van der Waals surface area contributed by atoms with E-state index in [0.29, 0.717) is 5.75 Å². The Kier molecular flexibility index (Phi) is 2.76. The van der Waals surface area contributed by atoms with Crippen molar-refractivity contribution in [3.05, 3.63) is 29.3 Å². The van der Waals surface area contributed by atoms with Crippen molar-refractivity contribution >= 4 is 0 Å². The van der Waals surface area contributed by atoms with Crippen LogP contribution in [0.15, 0.2) is 18.2 Å². The number of benzene rings is 1. The molecule has 0 heterocycles. The number of rotatable bonds is 0. The Balaban J connectivity index is 3.08. The third-order valence-corrected chi connectivity index (χ3v) is 1.64. The van der Waals surface area contributed by atoms with Crippen LogP contribution in [0.3, 0.4) is 0 Å². The maximum atomic E-state index is 9.52. The molecule has 1 N–H and O–H groups in total.